The van der Waals surface area contributed by atoms with Crippen molar-refractivity contribution in [3.05, 3.63) is 58.6 Å². The molecule has 0 aliphatic carbocycles. The number of rotatable bonds is 5. The van der Waals surface area contributed by atoms with Crippen molar-refractivity contribution in [2.24, 2.45) is 7.05 Å². The first-order chi connectivity index (χ1) is 12.9. The highest BCUT2D eigenvalue weighted by atomic mass is 35.5. The number of nitrogens with one attached hydrogen (secondary N) is 1. The van der Waals surface area contributed by atoms with Crippen LogP contribution in [-0.4, -0.2) is 25.9 Å². The molecule has 1 amide bonds. The number of hydrogen-bond donors (Lipinski definition) is 1. The normalized spacial score (nSPS) is 12.0. The van der Waals surface area contributed by atoms with Gasteiger partial charge >= 0.3 is 0 Å². The Morgan fingerprint density at radius 3 is 2.44 bits per heavy atom. The minimum absolute atomic E-state index is 0.0697. The molecule has 27 heavy (non-hydrogen) atoms. The minimum atomic E-state index is -0.328. The molecule has 0 saturated carbocycles. The first kappa shape index (κ1) is 19.5. The van der Waals surface area contributed by atoms with Crippen LogP contribution in [0.1, 0.15) is 18.1 Å². The summed E-state index contributed by atoms with van der Waals surface area (Å²) in [7, 11) is 1.87. The molecule has 0 fully saturated rings. The van der Waals surface area contributed by atoms with Crippen LogP contribution in [0, 0.1) is 13.8 Å². The van der Waals surface area contributed by atoms with Gasteiger partial charge in [-0.2, -0.15) is 0 Å². The molecule has 5 nitrogen and oxygen atoms in total. The standard InChI is InChI=1S/C20H21ClN4OS/c1-12-8-7-9-13(2)17(12)22-19(26)14(3)27-20-24-23-18(25(20)4)15-10-5-6-11-16(15)21/h5-11,14H,1-4H3,(H,22,26)/t14-/m0/s1. The van der Waals surface area contributed by atoms with Crippen LogP contribution in [0.4, 0.5) is 5.69 Å². The van der Waals surface area contributed by atoms with Crippen molar-refractivity contribution in [1.29, 1.82) is 0 Å². The van der Waals surface area contributed by atoms with E-state index in [2.05, 4.69) is 15.5 Å². The van der Waals surface area contributed by atoms with Gasteiger partial charge < -0.3 is 9.88 Å². The maximum atomic E-state index is 12.7. The third-order valence-electron chi connectivity index (χ3n) is 4.33. The highest BCUT2D eigenvalue weighted by Crippen LogP contribution is 2.30. The highest BCUT2D eigenvalue weighted by Gasteiger charge is 2.21. The third-order valence-corrected chi connectivity index (χ3v) is 5.79. The number of anilines is 1. The van der Waals surface area contributed by atoms with Gasteiger partial charge in [0.25, 0.3) is 0 Å². The zero-order valence-electron chi connectivity index (χ0n) is 15.7. The number of nitrogens with zero attached hydrogens (tertiary/aromatic N) is 3. The first-order valence-electron chi connectivity index (χ1n) is 8.56. The molecule has 1 heterocycles. The van der Waals surface area contributed by atoms with Crippen molar-refractivity contribution in [2.45, 2.75) is 31.2 Å². The van der Waals surface area contributed by atoms with Gasteiger partial charge in [0.15, 0.2) is 11.0 Å². The number of aromatic nitrogens is 3. The lowest BCUT2D eigenvalue weighted by molar-refractivity contribution is -0.115. The molecular formula is C20H21ClN4OS. The second-order valence-corrected chi connectivity index (χ2v) is 8.08. The molecule has 0 bridgehead atoms. The van der Waals surface area contributed by atoms with E-state index in [0.29, 0.717) is 16.0 Å². The Balaban J connectivity index is 1.76. The summed E-state index contributed by atoms with van der Waals surface area (Å²) in [6.07, 6.45) is 0. The number of halogens is 1. The summed E-state index contributed by atoms with van der Waals surface area (Å²) in [5, 5.41) is 12.5. The Bertz CT molecular complexity index is 966. The number of aryl methyl sites for hydroxylation is 2. The van der Waals surface area contributed by atoms with E-state index >= 15 is 0 Å². The Labute approximate surface area is 168 Å². The molecule has 0 spiro atoms. The number of benzene rings is 2. The SMILES string of the molecule is Cc1cccc(C)c1NC(=O)[C@H](C)Sc1nnc(-c2ccccc2Cl)n1C. The molecule has 3 rings (SSSR count). The molecule has 0 aliphatic rings. The van der Waals surface area contributed by atoms with E-state index in [1.807, 2.05) is 74.9 Å². The Morgan fingerprint density at radius 2 is 1.78 bits per heavy atom. The summed E-state index contributed by atoms with van der Waals surface area (Å²) in [5.41, 5.74) is 3.76. The molecule has 0 aliphatic heterocycles. The predicted molar refractivity (Wildman–Crippen MR) is 111 cm³/mol. The first-order valence-corrected chi connectivity index (χ1v) is 9.82. The summed E-state index contributed by atoms with van der Waals surface area (Å²) in [6.45, 7) is 5.83. The van der Waals surface area contributed by atoms with Crippen molar-refractivity contribution in [2.75, 3.05) is 5.32 Å². The third kappa shape index (κ3) is 4.17. The van der Waals surface area contributed by atoms with Crippen molar-refractivity contribution in [1.82, 2.24) is 14.8 Å². The van der Waals surface area contributed by atoms with E-state index < -0.39 is 0 Å². The monoisotopic (exact) mass is 400 g/mol. The van der Waals surface area contributed by atoms with E-state index in [4.69, 9.17) is 11.6 Å². The maximum absolute atomic E-state index is 12.7. The average molecular weight is 401 g/mol. The summed E-state index contributed by atoms with van der Waals surface area (Å²) < 4.78 is 1.86. The summed E-state index contributed by atoms with van der Waals surface area (Å²) >= 11 is 7.63. The van der Waals surface area contributed by atoms with E-state index in [1.165, 1.54) is 11.8 Å². The molecule has 1 atom stereocenters. The van der Waals surface area contributed by atoms with E-state index in [1.54, 1.807) is 0 Å². The van der Waals surface area contributed by atoms with Crippen LogP contribution in [0.3, 0.4) is 0 Å². The molecule has 2 aromatic carbocycles. The van der Waals surface area contributed by atoms with Gasteiger partial charge in [-0.15, -0.1) is 10.2 Å². The van der Waals surface area contributed by atoms with Crippen LogP contribution in [0.2, 0.25) is 5.02 Å². The molecule has 140 valence electrons. The van der Waals surface area contributed by atoms with Gasteiger partial charge in [0.2, 0.25) is 5.91 Å². The summed E-state index contributed by atoms with van der Waals surface area (Å²) in [6, 6.07) is 13.4. The minimum Gasteiger partial charge on any atom is -0.325 e. The topological polar surface area (TPSA) is 59.8 Å². The fourth-order valence-corrected chi connectivity index (χ4v) is 3.78. The second kappa shape index (κ2) is 8.15. The molecular weight excluding hydrogens is 380 g/mol. The zero-order chi connectivity index (χ0) is 19.6. The molecule has 0 radical (unpaired) electrons. The van der Waals surface area contributed by atoms with Crippen molar-refractivity contribution in [3.8, 4) is 11.4 Å². The average Bonchev–Trinajstić information content (AvgIpc) is 2.99. The largest absolute Gasteiger partial charge is 0.325 e. The van der Waals surface area contributed by atoms with Crippen LogP contribution in [0.5, 0.6) is 0 Å². The highest BCUT2D eigenvalue weighted by molar-refractivity contribution is 8.00. The lowest BCUT2D eigenvalue weighted by Gasteiger charge is -2.15. The van der Waals surface area contributed by atoms with Gasteiger partial charge in [0, 0.05) is 18.3 Å². The van der Waals surface area contributed by atoms with Crippen LogP contribution in [-0.2, 0) is 11.8 Å². The smallest absolute Gasteiger partial charge is 0.237 e. The van der Waals surface area contributed by atoms with Gasteiger partial charge in [-0.3, -0.25) is 4.79 Å². The Kier molecular flexibility index (Phi) is 5.87. The van der Waals surface area contributed by atoms with Crippen molar-refractivity contribution < 1.29 is 4.79 Å². The fraction of sp³-hybridized carbons (Fsp3) is 0.250. The number of carbonyl (C=O) groups excluding carboxylic acids is 1. The van der Waals surface area contributed by atoms with E-state index in [0.717, 1.165) is 22.4 Å². The van der Waals surface area contributed by atoms with Gasteiger partial charge in [0.05, 0.1) is 10.3 Å². The van der Waals surface area contributed by atoms with Crippen molar-refractivity contribution in [3.63, 3.8) is 0 Å². The number of para-hydroxylation sites is 1. The fourth-order valence-electron chi connectivity index (χ4n) is 2.74. The quantitative estimate of drug-likeness (QED) is 0.620. The summed E-state index contributed by atoms with van der Waals surface area (Å²) in [4.78, 5) is 12.7. The Hall–Kier alpha value is -2.31. The van der Waals surface area contributed by atoms with Gasteiger partial charge in [-0.1, -0.05) is 53.7 Å². The van der Waals surface area contributed by atoms with E-state index in [-0.39, 0.29) is 11.2 Å². The number of amides is 1. The number of thioether (sulfide) groups is 1. The molecule has 0 unspecified atom stereocenters. The molecule has 0 saturated heterocycles. The number of hydrogen-bond acceptors (Lipinski definition) is 4. The van der Waals surface area contributed by atoms with Crippen molar-refractivity contribution >= 4 is 35.0 Å². The number of carbonyl (C=O) groups is 1. The van der Waals surface area contributed by atoms with Gasteiger partial charge in [0.1, 0.15) is 0 Å². The van der Waals surface area contributed by atoms with Gasteiger partial charge in [-0.05, 0) is 44.0 Å². The lowest BCUT2D eigenvalue weighted by atomic mass is 10.1. The van der Waals surface area contributed by atoms with E-state index in [9.17, 15) is 4.79 Å². The van der Waals surface area contributed by atoms with Crippen LogP contribution >= 0.6 is 23.4 Å². The van der Waals surface area contributed by atoms with Gasteiger partial charge in [-0.25, -0.2) is 0 Å². The molecule has 1 aromatic heterocycles. The lowest BCUT2D eigenvalue weighted by Crippen LogP contribution is -2.23. The summed E-state index contributed by atoms with van der Waals surface area (Å²) in [5.74, 6) is 0.602. The maximum Gasteiger partial charge on any atom is 0.237 e. The molecule has 7 heteroatoms. The van der Waals surface area contributed by atoms with Crippen LogP contribution < -0.4 is 5.32 Å². The second-order valence-electron chi connectivity index (χ2n) is 6.36. The molecule has 1 N–H and O–H groups in total. The predicted octanol–water partition coefficient (Wildman–Crippen LogP) is 4.87. The Morgan fingerprint density at radius 1 is 1.11 bits per heavy atom. The zero-order valence-corrected chi connectivity index (χ0v) is 17.2. The van der Waals surface area contributed by atoms with Crippen LogP contribution in [0.15, 0.2) is 47.6 Å². The molecule has 3 aromatic rings. The van der Waals surface area contributed by atoms with Crippen LogP contribution in [0.25, 0.3) is 11.4 Å².